The van der Waals surface area contributed by atoms with Crippen LogP contribution in [0.5, 0.6) is 0 Å². The van der Waals surface area contributed by atoms with Gasteiger partial charge in [-0.25, -0.2) is 4.98 Å². The van der Waals surface area contributed by atoms with Gasteiger partial charge in [-0.1, -0.05) is 88.9 Å². The van der Waals surface area contributed by atoms with Crippen LogP contribution in [0.4, 0.5) is 0 Å². The molecule has 0 bridgehead atoms. The van der Waals surface area contributed by atoms with E-state index in [4.69, 9.17) is 9.57 Å². The number of hydrogen-bond acceptors (Lipinski definition) is 10. The van der Waals surface area contributed by atoms with Gasteiger partial charge in [0.1, 0.15) is 17.8 Å². The summed E-state index contributed by atoms with van der Waals surface area (Å²) >= 11 is 0. The lowest BCUT2D eigenvalue weighted by Gasteiger charge is -2.37. The molecule has 2 aromatic rings. The maximum Gasteiger partial charge on any atom is 0.246 e. The first-order valence-electron chi connectivity index (χ1n) is 21.1. The second-order valence-corrected chi connectivity index (χ2v) is 18.1. The van der Waals surface area contributed by atoms with Gasteiger partial charge in [-0.05, 0) is 60.8 Å². The predicted octanol–water partition coefficient (Wildman–Crippen LogP) is 6.70. The molecule has 2 aliphatic carbocycles. The number of carbonyl (C=O) groups excluding carboxylic acids is 5. The Morgan fingerprint density at radius 2 is 1.74 bits per heavy atom. The van der Waals surface area contributed by atoms with E-state index in [9.17, 15) is 19.2 Å². The fourth-order valence-electron chi connectivity index (χ4n) is 9.22. The van der Waals surface area contributed by atoms with E-state index >= 15 is 4.79 Å². The Balaban J connectivity index is 1.27. The summed E-state index contributed by atoms with van der Waals surface area (Å²) < 4.78 is 5.80. The summed E-state index contributed by atoms with van der Waals surface area (Å²) in [7, 11) is 1.54. The molecule has 2 saturated carbocycles. The maximum absolute atomic E-state index is 15.1. The number of methoxy groups -OCH3 is 1. The van der Waals surface area contributed by atoms with Crippen LogP contribution in [0.3, 0.4) is 0 Å². The van der Waals surface area contributed by atoms with E-state index in [0.29, 0.717) is 25.2 Å². The first kappa shape index (κ1) is 42.3. The lowest BCUT2D eigenvalue weighted by atomic mass is 9.76. The second-order valence-electron chi connectivity index (χ2n) is 18.1. The van der Waals surface area contributed by atoms with Crippen LogP contribution >= 0.6 is 0 Å². The molecule has 1 unspecified atom stereocenters. The summed E-state index contributed by atoms with van der Waals surface area (Å²) in [5, 5.41) is 7.60. The van der Waals surface area contributed by atoms with Gasteiger partial charge in [0.15, 0.2) is 23.0 Å². The van der Waals surface area contributed by atoms with Gasteiger partial charge in [0.05, 0.1) is 24.5 Å². The van der Waals surface area contributed by atoms with Gasteiger partial charge in [-0.15, -0.1) is 0 Å². The van der Waals surface area contributed by atoms with Crippen molar-refractivity contribution in [2.24, 2.45) is 34.2 Å². The number of ketones is 3. The van der Waals surface area contributed by atoms with E-state index in [1.807, 2.05) is 58.0 Å². The average Bonchev–Trinajstić information content (AvgIpc) is 3.80. The molecule has 0 radical (unpaired) electrons. The fraction of sp³-hybridized carbons (Fsp3) is 0.644. The molecule has 3 fully saturated rings. The highest BCUT2D eigenvalue weighted by molar-refractivity contribution is 6.02. The SMILES string of the molecule is CCC[C@H](CC(=O)[C@@H]1C[C@]2(CC(c3ccccc3)=NO2)CN1C(=O)[C@@H](NC(=O)[C@@H](CC(=O)c1cnccn1)C1CCCCC1)C(C)(C)C)C(OC)C(=O)CC1CC1. The smallest absolute Gasteiger partial charge is 0.246 e. The van der Waals surface area contributed by atoms with Crippen molar-refractivity contribution in [2.45, 2.75) is 141 Å². The minimum atomic E-state index is -1.01. The van der Waals surface area contributed by atoms with Crippen LogP contribution in [0.25, 0.3) is 0 Å². The van der Waals surface area contributed by atoms with E-state index in [1.165, 1.54) is 25.7 Å². The number of benzene rings is 1. The van der Waals surface area contributed by atoms with Crippen LogP contribution in [0.2, 0.25) is 0 Å². The van der Waals surface area contributed by atoms with Gasteiger partial charge in [-0.2, -0.15) is 0 Å². The maximum atomic E-state index is 15.1. The first-order valence-corrected chi connectivity index (χ1v) is 21.1. The normalized spacial score (nSPS) is 23.3. The molecule has 2 amide bonds. The summed E-state index contributed by atoms with van der Waals surface area (Å²) in [4.78, 5) is 87.2. The lowest BCUT2D eigenvalue weighted by Crippen LogP contribution is -2.58. The number of nitrogens with one attached hydrogen (secondary N) is 1. The predicted molar refractivity (Wildman–Crippen MR) is 215 cm³/mol. The summed E-state index contributed by atoms with van der Waals surface area (Å²) in [6.07, 6.45) is 12.9. The third-order valence-electron chi connectivity index (χ3n) is 12.5. The molecular weight excluding hydrogens is 723 g/mol. The Morgan fingerprint density at radius 1 is 1.00 bits per heavy atom. The van der Waals surface area contributed by atoms with Gasteiger partial charge in [0.25, 0.3) is 0 Å². The molecule has 12 heteroatoms. The molecule has 1 aromatic carbocycles. The summed E-state index contributed by atoms with van der Waals surface area (Å²) in [5.74, 6) is -1.76. The second kappa shape index (κ2) is 18.5. The Bertz CT molecular complexity index is 1770. The standard InChI is InChI=1S/C45H61N5O7/c1-6-13-32(40(56-5)39(53)22-29-18-19-29)23-38(52)36-26-45(25-34(49-57-45)31-16-11-8-12-17-31)28-50(36)43(55)41(44(2,3)4)48-42(54)33(30-14-9-7-10-15-30)24-37(51)35-27-46-20-21-47-35/h8,11-12,16-17,20-21,27,29-30,32-33,36,40-41H,6-7,9-10,13-15,18-19,22-26,28H2,1-5H3,(H,48,54)/t32-,33+,36+,40?,41-,45-/m1/s1. The molecule has 12 nitrogen and oxygen atoms in total. The number of likely N-dealkylation sites (tertiary alicyclic amines) is 1. The van der Waals surface area contributed by atoms with Crippen molar-refractivity contribution in [1.82, 2.24) is 20.2 Å². The highest BCUT2D eigenvalue weighted by Gasteiger charge is 2.55. The van der Waals surface area contributed by atoms with E-state index in [2.05, 4.69) is 20.4 Å². The number of Topliss-reactive ketones (excluding diaryl/α,β-unsaturated/α-hetero) is 3. The average molecular weight is 784 g/mol. The summed E-state index contributed by atoms with van der Waals surface area (Å²) in [5.41, 5.74) is 0.161. The molecule has 4 aliphatic rings. The van der Waals surface area contributed by atoms with Crippen molar-refractivity contribution < 1.29 is 33.5 Å². The Hall–Kier alpha value is -4.32. The van der Waals surface area contributed by atoms with Gasteiger partial charge in [0, 0.05) is 57.5 Å². The van der Waals surface area contributed by atoms with Crippen LogP contribution in [0, 0.1) is 29.1 Å². The van der Waals surface area contributed by atoms with E-state index in [-0.39, 0.29) is 72.5 Å². The van der Waals surface area contributed by atoms with E-state index < -0.39 is 35.1 Å². The van der Waals surface area contributed by atoms with Crippen LogP contribution < -0.4 is 5.32 Å². The van der Waals surface area contributed by atoms with Crippen molar-refractivity contribution in [2.75, 3.05) is 13.7 Å². The quantitative estimate of drug-likeness (QED) is 0.163. The number of ether oxygens (including phenoxy) is 1. The van der Waals surface area contributed by atoms with Crippen molar-refractivity contribution in [1.29, 1.82) is 0 Å². The number of oxime groups is 1. The number of carbonyl (C=O) groups is 5. The zero-order valence-electron chi connectivity index (χ0n) is 34.4. The molecule has 57 heavy (non-hydrogen) atoms. The van der Waals surface area contributed by atoms with Gasteiger partial charge >= 0.3 is 0 Å². The molecule has 2 aliphatic heterocycles. The van der Waals surface area contributed by atoms with Crippen LogP contribution in [-0.2, 0) is 28.8 Å². The monoisotopic (exact) mass is 783 g/mol. The Kier molecular flexibility index (Phi) is 13.7. The lowest BCUT2D eigenvalue weighted by molar-refractivity contribution is -0.145. The minimum absolute atomic E-state index is 0.0215. The number of nitrogens with zero attached hydrogens (tertiary/aromatic N) is 4. The molecule has 1 saturated heterocycles. The van der Waals surface area contributed by atoms with Gasteiger partial charge in [0.2, 0.25) is 11.8 Å². The topological polar surface area (TPSA) is 157 Å². The van der Waals surface area contributed by atoms with Crippen molar-refractivity contribution >= 4 is 34.9 Å². The van der Waals surface area contributed by atoms with Crippen molar-refractivity contribution in [3.05, 3.63) is 60.2 Å². The number of hydrogen-bond donors (Lipinski definition) is 1. The van der Waals surface area contributed by atoms with Crippen molar-refractivity contribution in [3.8, 4) is 0 Å². The molecule has 3 heterocycles. The largest absolute Gasteiger partial charge is 0.387 e. The van der Waals surface area contributed by atoms with Crippen molar-refractivity contribution in [3.63, 3.8) is 0 Å². The van der Waals surface area contributed by atoms with Gasteiger partial charge in [-0.3, -0.25) is 29.0 Å². The van der Waals surface area contributed by atoms with Crippen LogP contribution in [-0.4, -0.2) is 87.2 Å². The van der Waals surface area contributed by atoms with Crippen LogP contribution in [0.1, 0.15) is 134 Å². The van der Waals surface area contributed by atoms with E-state index in [0.717, 1.165) is 62.6 Å². The summed E-state index contributed by atoms with van der Waals surface area (Å²) in [6, 6.07) is 7.84. The third-order valence-corrected chi connectivity index (χ3v) is 12.5. The first-order chi connectivity index (χ1) is 27.3. The van der Waals surface area contributed by atoms with Crippen LogP contribution in [0.15, 0.2) is 54.1 Å². The molecular formula is C45H61N5O7. The van der Waals surface area contributed by atoms with Gasteiger partial charge < -0.3 is 19.8 Å². The fourth-order valence-corrected chi connectivity index (χ4v) is 9.22. The number of amides is 2. The molecule has 6 atom stereocenters. The Morgan fingerprint density at radius 3 is 2.37 bits per heavy atom. The number of rotatable bonds is 18. The summed E-state index contributed by atoms with van der Waals surface area (Å²) in [6.45, 7) is 7.83. The molecule has 1 spiro atoms. The number of aromatic nitrogens is 2. The highest BCUT2D eigenvalue weighted by Crippen LogP contribution is 2.42. The zero-order valence-corrected chi connectivity index (χ0v) is 34.4. The zero-order chi connectivity index (χ0) is 40.7. The molecule has 1 aromatic heterocycles. The minimum Gasteiger partial charge on any atom is -0.387 e. The Labute approximate surface area is 337 Å². The highest BCUT2D eigenvalue weighted by atomic mass is 16.7. The third kappa shape index (κ3) is 10.4. The molecule has 308 valence electrons. The molecule has 1 N–H and O–H groups in total. The van der Waals surface area contributed by atoms with E-state index in [1.54, 1.807) is 4.90 Å². The molecule has 6 rings (SSSR count).